The molecule has 0 radical (unpaired) electrons. The third kappa shape index (κ3) is 3.65. The molecule has 3 nitrogen and oxygen atoms in total. The Morgan fingerprint density at radius 1 is 1.39 bits per heavy atom. The number of carbonyl (C=O) groups is 1. The average Bonchev–Trinajstić information content (AvgIpc) is 2.45. The summed E-state index contributed by atoms with van der Waals surface area (Å²) in [6.45, 7) is 11.3. The molecule has 2 N–H and O–H groups in total. The number of hydrogen-bond donors (Lipinski definition) is 2. The van der Waals surface area contributed by atoms with Gasteiger partial charge in [0, 0.05) is 13.0 Å². The van der Waals surface area contributed by atoms with Gasteiger partial charge in [0.25, 0.3) is 0 Å². The van der Waals surface area contributed by atoms with Crippen LogP contribution in [0.1, 0.15) is 72.1 Å². The van der Waals surface area contributed by atoms with E-state index in [0.29, 0.717) is 11.8 Å². The molecule has 0 heterocycles. The van der Waals surface area contributed by atoms with E-state index in [0.717, 1.165) is 32.1 Å². The fourth-order valence-corrected chi connectivity index (χ4v) is 5.66. The van der Waals surface area contributed by atoms with E-state index in [1.165, 1.54) is 18.4 Å². The van der Waals surface area contributed by atoms with Gasteiger partial charge in [0.1, 0.15) is 0 Å². The zero-order valence-corrected chi connectivity index (χ0v) is 15.1. The van der Waals surface area contributed by atoms with E-state index in [-0.39, 0.29) is 29.8 Å². The largest absolute Gasteiger partial charge is 0.481 e. The normalized spacial score (nSPS) is 38.9. The molecule has 132 valence electrons. The number of fused-ring (bicyclic) bond motifs is 1. The second-order valence-corrected chi connectivity index (χ2v) is 8.75. The summed E-state index contributed by atoms with van der Waals surface area (Å²) >= 11 is 0. The molecule has 2 aliphatic carbocycles. The monoisotopic (exact) mass is 322 g/mol. The van der Waals surface area contributed by atoms with E-state index >= 15 is 0 Å². The number of carboxylic acid groups (broad SMARTS) is 1. The van der Waals surface area contributed by atoms with Gasteiger partial charge in [-0.1, -0.05) is 39.3 Å². The van der Waals surface area contributed by atoms with Crippen molar-refractivity contribution in [3.8, 4) is 0 Å². The topological polar surface area (TPSA) is 57.5 Å². The van der Waals surface area contributed by atoms with Crippen molar-refractivity contribution in [1.29, 1.82) is 0 Å². The lowest BCUT2D eigenvalue weighted by Gasteiger charge is -2.58. The summed E-state index contributed by atoms with van der Waals surface area (Å²) in [5.74, 6) is 0.550. The second-order valence-electron chi connectivity index (χ2n) is 8.75. The number of aliphatic hydroxyl groups is 1. The number of aliphatic hydroxyl groups excluding tert-OH is 1. The molecule has 2 fully saturated rings. The summed E-state index contributed by atoms with van der Waals surface area (Å²) in [7, 11) is 0. The van der Waals surface area contributed by atoms with Crippen molar-refractivity contribution in [2.75, 3.05) is 6.61 Å². The highest BCUT2D eigenvalue weighted by Crippen LogP contribution is 2.61. The Morgan fingerprint density at radius 2 is 2.09 bits per heavy atom. The lowest BCUT2D eigenvalue weighted by Crippen LogP contribution is -2.51. The molecule has 2 saturated carbocycles. The van der Waals surface area contributed by atoms with Crippen LogP contribution in [0.3, 0.4) is 0 Å². The highest BCUT2D eigenvalue weighted by atomic mass is 16.4. The lowest BCUT2D eigenvalue weighted by atomic mass is 9.46. The Balaban J connectivity index is 2.14. The predicted octanol–water partition coefficient (Wildman–Crippen LogP) is 4.65. The molecule has 0 unspecified atom stereocenters. The molecular weight excluding hydrogens is 288 g/mol. The number of rotatable bonds is 6. The minimum atomic E-state index is -0.699. The summed E-state index contributed by atoms with van der Waals surface area (Å²) in [6, 6.07) is 0. The highest BCUT2D eigenvalue weighted by molar-refractivity contribution is 5.66. The van der Waals surface area contributed by atoms with Gasteiger partial charge in [-0.05, 0) is 67.1 Å². The van der Waals surface area contributed by atoms with Crippen molar-refractivity contribution in [2.45, 2.75) is 72.1 Å². The zero-order valence-electron chi connectivity index (χ0n) is 15.1. The fourth-order valence-electron chi connectivity index (χ4n) is 5.66. The van der Waals surface area contributed by atoms with Crippen LogP contribution >= 0.6 is 0 Å². The molecule has 2 rings (SSSR count). The van der Waals surface area contributed by atoms with Crippen LogP contribution < -0.4 is 0 Å². The molecule has 0 aromatic carbocycles. The van der Waals surface area contributed by atoms with Crippen molar-refractivity contribution in [3.63, 3.8) is 0 Å². The second kappa shape index (κ2) is 6.96. The van der Waals surface area contributed by atoms with Crippen LogP contribution in [0.2, 0.25) is 0 Å². The third-order valence-corrected chi connectivity index (χ3v) is 6.98. The Bertz CT molecular complexity index is 458. The number of carboxylic acids is 1. The van der Waals surface area contributed by atoms with Crippen LogP contribution in [-0.4, -0.2) is 22.8 Å². The van der Waals surface area contributed by atoms with Crippen LogP contribution in [0, 0.1) is 28.6 Å². The molecule has 0 saturated heterocycles. The van der Waals surface area contributed by atoms with Gasteiger partial charge in [-0.2, -0.15) is 0 Å². The Kier molecular flexibility index (Phi) is 5.60. The van der Waals surface area contributed by atoms with Gasteiger partial charge in [-0.25, -0.2) is 0 Å². The molecule has 0 aromatic heterocycles. The van der Waals surface area contributed by atoms with Crippen molar-refractivity contribution in [1.82, 2.24) is 0 Å². The van der Waals surface area contributed by atoms with E-state index < -0.39 is 5.97 Å². The van der Waals surface area contributed by atoms with E-state index in [4.69, 9.17) is 5.11 Å². The molecule has 0 aromatic rings. The maximum atomic E-state index is 10.9. The van der Waals surface area contributed by atoms with E-state index in [2.05, 4.69) is 20.4 Å². The summed E-state index contributed by atoms with van der Waals surface area (Å²) in [6.07, 6.45) is 7.98. The molecule has 0 spiro atoms. The molecular formula is C20H34O3. The summed E-state index contributed by atoms with van der Waals surface area (Å²) in [4.78, 5) is 10.9. The van der Waals surface area contributed by atoms with Crippen LogP contribution in [0.5, 0.6) is 0 Å². The first-order valence-electron chi connectivity index (χ1n) is 9.23. The van der Waals surface area contributed by atoms with Crippen molar-refractivity contribution >= 4 is 5.97 Å². The first-order valence-corrected chi connectivity index (χ1v) is 9.23. The maximum absolute atomic E-state index is 10.9. The van der Waals surface area contributed by atoms with Gasteiger partial charge in [0.2, 0.25) is 0 Å². The quantitative estimate of drug-likeness (QED) is 0.700. The number of hydrogen-bond acceptors (Lipinski definition) is 2. The molecule has 0 aliphatic heterocycles. The standard InChI is InChI=1S/C20H34O3/c1-14(12-18(22)23)6-8-16-15(2)7-9-17-19(3,13-21)10-5-11-20(16,17)4/h14,16-17,21H,2,5-13H2,1,3-4H3,(H,22,23)/t14-,16+,17+,19+,20-/m0/s1. The number of allylic oxidation sites excluding steroid dienone is 1. The molecule has 0 bridgehead atoms. The van der Waals surface area contributed by atoms with Crippen molar-refractivity contribution in [3.05, 3.63) is 12.2 Å². The predicted molar refractivity (Wildman–Crippen MR) is 93.2 cm³/mol. The van der Waals surface area contributed by atoms with E-state index in [1.54, 1.807) is 0 Å². The Morgan fingerprint density at radius 3 is 2.70 bits per heavy atom. The third-order valence-electron chi connectivity index (χ3n) is 6.98. The SMILES string of the molecule is C=C1CC[C@@H]2[C@@](C)(CO)CCC[C@@]2(C)[C@@H]1CC[C@H](C)CC(=O)O. The average molecular weight is 322 g/mol. The summed E-state index contributed by atoms with van der Waals surface area (Å²) in [5, 5.41) is 19.0. The molecule has 2 aliphatic rings. The van der Waals surface area contributed by atoms with Gasteiger partial charge in [0.05, 0.1) is 0 Å². The summed E-state index contributed by atoms with van der Waals surface area (Å²) in [5.41, 5.74) is 1.61. The Labute approximate surface area is 141 Å². The minimum absolute atomic E-state index is 0.0403. The van der Waals surface area contributed by atoms with Gasteiger partial charge >= 0.3 is 5.97 Å². The smallest absolute Gasteiger partial charge is 0.303 e. The maximum Gasteiger partial charge on any atom is 0.303 e. The zero-order chi connectivity index (χ0) is 17.3. The molecule has 23 heavy (non-hydrogen) atoms. The molecule has 3 heteroatoms. The van der Waals surface area contributed by atoms with Crippen LogP contribution in [0.15, 0.2) is 12.2 Å². The highest BCUT2D eigenvalue weighted by Gasteiger charge is 2.53. The van der Waals surface area contributed by atoms with E-state index in [9.17, 15) is 9.90 Å². The first kappa shape index (κ1) is 18.5. The van der Waals surface area contributed by atoms with Crippen molar-refractivity contribution < 1.29 is 15.0 Å². The van der Waals surface area contributed by atoms with Gasteiger partial charge in [-0.3, -0.25) is 4.79 Å². The van der Waals surface area contributed by atoms with Crippen LogP contribution in [0.4, 0.5) is 0 Å². The molecule has 0 amide bonds. The lowest BCUT2D eigenvalue weighted by molar-refractivity contribution is -0.138. The van der Waals surface area contributed by atoms with Gasteiger partial charge < -0.3 is 10.2 Å². The van der Waals surface area contributed by atoms with Crippen LogP contribution in [-0.2, 0) is 4.79 Å². The minimum Gasteiger partial charge on any atom is -0.481 e. The first-order chi connectivity index (χ1) is 10.7. The number of aliphatic carboxylic acids is 1. The van der Waals surface area contributed by atoms with Gasteiger partial charge in [0.15, 0.2) is 0 Å². The van der Waals surface area contributed by atoms with Gasteiger partial charge in [-0.15, -0.1) is 0 Å². The molecule has 5 atom stereocenters. The van der Waals surface area contributed by atoms with E-state index in [1.807, 2.05) is 6.92 Å². The summed E-state index contributed by atoms with van der Waals surface area (Å²) < 4.78 is 0. The Hall–Kier alpha value is -0.830. The fraction of sp³-hybridized carbons (Fsp3) is 0.850. The van der Waals surface area contributed by atoms with Crippen LogP contribution in [0.25, 0.3) is 0 Å². The van der Waals surface area contributed by atoms with Crippen molar-refractivity contribution in [2.24, 2.45) is 28.6 Å².